The lowest BCUT2D eigenvalue weighted by molar-refractivity contribution is -0.150. The molecule has 6 nitrogen and oxygen atoms in total. The summed E-state index contributed by atoms with van der Waals surface area (Å²) < 4.78 is 18.6. The van der Waals surface area contributed by atoms with Crippen LogP contribution < -0.4 is 0 Å². The Labute approximate surface area is 194 Å². The maximum atomic E-state index is 13.4. The molecule has 2 aromatic rings. The van der Waals surface area contributed by atoms with Crippen molar-refractivity contribution in [2.45, 2.75) is 39.2 Å². The molecular formula is C26H30FN3O3. The van der Waals surface area contributed by atoms with Crippen molar-refractivity contribution in [3.05, 3.63) is 71.0 Å². The number of likely N-dealkylation sites (tertiary alicyclic amines) is 1. The number of carbonyl (C=O) groups is 2. The summed E-state index contributed by atoms with van der Waals surface area (Å²) in [7, 11) is 0. The SMILES string of the molecule is CCOC(=O)[C@H]1CCCN(CC(=O)N2N=C(c3ccc(F)cc3)C[C@@H]2c2ccc(C)cc2)C1. The molecule has 1 fully saturated rings. The van der Waals surface area contributed by atoms with Crippen LogP contribution >= 0.6 is 0 Å². The van der Waals surface area contributed by atoms with E-state index in [1.807, 2.05) is 36.1 Å². The van der Waals surface area contributed by atoms with Crippen LogP contribution in [0.3, 0.4) is 0 Å². The fraction of sp³-hybridized carbons (Fsp3) is 0.423. The van der Waals surface area contributed by atoms with Crippen LogP contribution in [0.15, 0.2) is 53.6 Å². The number of halogens is 1. The molecule has 1 saturated heterocycles. The first-order chi connectivity index (χ1) is 15.9. The number of nitrogens with zero attached hydrogens (tertiary/aromatic N) is 3. The van der Waals surface area contributed by atoms with Gasteiger partial charge in [0.15, 0.2) is 0 Å². The van der Waals surface area contributed by atoms with Crippen molar-refractivity contribution in [1.29, 1.82) is 0 Å². The van der Waals surface area contributed by atoms with Gasteiger partial charge >= 0.3 is 5.97 Å². The molecule has 0 aliphatic carbocycles. The van der Waals surface area contributed by atoms with Gasteiger partial charge in [-0.25, -0.2) is 9.40 Å². The van der Waals surface area contributed by atoms with E-state index < -0.39 is 0 Å². The number of ether oxygens (including phenoxy) is 1. The maximum absolute atomic E-state index is 13.4. The number of benzene rings is 2. The van der Waals surface area contributed by atoms with E-state index in [9.17, 15) is 14.0 Å². The number of carbonyl (C=O) groups excluding carboxylic acids is 2. The number of rotatable bonds is 6. The lowest BCUT2D eigenvalue weighted by Crippen LogP contribution is -2.44. The zero-order valence-corrected chi connectivity index (χ0v) is 19.2. The standard InChI is InChI=1S/C26H30FN3O3/c1-3-33-26(32)21-5-4-14-29(16-21)17-25(31)30-24(20-8-6-18(2)7-9-20)15-23(28-30)19-10-12-22(27)13-11-19/h6-13,21,24H,3-5,14-17H2,1-2H3/t21-,24+/m0/s1. The first-order valence-corrected chi connectivity index (χ1v) is 11.6. The van der Waals surface area contributed by atoms with Crippen LogP contribution in [0.5, 0.6) is 0 Å². The average molecular weight is 452 g/mol. The summed E-state index contributed by atoms with van der Waals surface area (Å²) in [5.41, 5.74) is 3.73. The third-order valence-electron chi connectivity index (χ3n) is 6.29. The summed E-state index contributed by atoms with van der Waals surface area (Å²) in [6.45, 7) is 5.66. The Morgan fingerprint density at radius 3 is 2.55 bits per heavy atom. The van der Waals surface area contributed by atoms with Crippen molar-refractivity contribution < 1.29 is 18.7 Å². The highest BCUT2D eigenvalue weighted by molar-refractivity contribution is 6.03. The van der Waals surface area contributed by atoms with Crippen molar-refractivity contribution in [2.24, 2.45) is 11.0 Å². The van der Waals surface area contributed by atoms with E-state index in [0.29, 0.717) is 19.6 Å². The minimum atomic E-state index is -0.304. The smallest absolute Gasteiger partial charge is 0.310 e. The van der Waals surface area contributed by atoms with Crippen molar-refractivity contribution in [3.8, 4) is 0 Å². The van der Waals surface area contributed by atoms with Gasteiger partial charge in [-0.2, -0.15) is 5.10 Å². The number of hydrogen-bond acceptors (Lipinski definition) is 5. The molecular weight excluding hydrogens is 421 g/mol. The highest BCUT2D eigenvalue weighted by atomic mass is 19.1. The van der Waals surface area contributed by atoms with Gasteiger partial charge in [-0.3, -0.25) is 14.5 Å². The zero-order chi connectivity index (χ0) is 23.4. The molecule has 2 aliphatic heterocycles. The first kappa shape index (κ1) is 23.1. The lowest BCUT2D eigenvalue weighted by atomic mass is 9.97. The Morgan fingerprint density at radius 2 is 1.85 bits per heavy atom. The van der Waals surface area contributed by atoms with Crippen LogP contribution in [-0.2, 0) is 14.3 Å². The fourth-order valence-corrected chi connectivity index (χ4v) is 4.52. The predicted molar refractivity (Wildman–Crippen MR) is 124 cm³/mol. The Bertz CT molecular complexity index is 1020. The minimum Gasteiger partial charge on any atom is -0.466 e. The van der Waals surface area contributed by atoms with Crippen molar-refractivity contribution in [1.82, 2.24) is 9.91 Å². The molecule has 7 heteroatoms. The lowest BCUT2D eigenvalue weighted by Gasteiger charge is -2.32. The molecule has 174 valence electrons. The van der Waals surface area contributed by atoms with E-state index in [-0.39, 0.29) is 36.2 Å². The molecule has 2 aromatic carbocycles. The van der Waals surface area contributed by atoms with Gasteiger partial charge in [0.2, 0.25) is 0 Å². The van der Waals surface area contributed by atoms with E-state index in [0.717, 1.165) is 41.8 Å². The Kier molecular flexibility index (Phi) is 7.18. The number of hydrazone groups is 1. The molecule has 33 heavy (non-hydrogen) atoms. The highest BCUT2D eigenvalue weighted by Gasteiger charge is 2.35. The van der Waals surface area contributed by atoms with Crippen LogP contribution in [0.1, 0.15) is 48.9 Å². The second-order valence-corrected chi connectivity index (χ2v) is 8.75. The van der Waals surface area contributed by atoms with Crippen molar-refractivity contribution >= 4 is 17.6 Å². The second-order valence-electron chi connectivity index (χ2n) is 8.75. The minimum absolute atomic E-state index is 0.109. The second kappa shape index (κ2) is 10.3. The van der Waals surface area contributed by atoms with Gasteiger partial charge in [0.05, 0.1) is 30.8 Å². The van der Waals surface area contributed by atoms with Crippen LogP contribution in [0.25, 0.3) is 0 Å². The van der Waals surface area contributed by atoms with Gasteiger partial charge in [0.1, 0.15) is 5.82 Å². The van der Waals surface area contributed by atoms with Gasteiger partial charge in [-0.05, 0) is 56.5 Å². The summed E-state index contributed by atoms with van der Waals surface area (Å²) >= 11 is 0. The topological polar surface area (TPSA) is 62.2 Å². The van der Waals surface area contributed by atoms with E-state index in [2.05, 4.69) is 5.10 Å². The predicted octanol–water partition coefficient (Wildman–Crippen LogP) is 4.09. The molecule has 2 atom stereocenters. The summed E-state index contributed by atoms with van der Waals surface area (Å²) in [6, 6.07) is 14.1. The molecule has 2 aliphatic rings. The number of amides is 1. The summed E-state index contributed by atoms with van der Waals surface area (Å²) in [5.74, 6) is -0.801. The molecule has 2 heterocycles. The van der Waals surface area contributed by atoms with E-state index in [1.165, 1.54) is 12.1 Å². The molecule has 0 N–H and O–H groups in total. The summed E-state index contributed by atoms with van der Waals surface area (Å²) in [6.07, 6.45) is 2.19. The molecule has 4 rings (SSSR count). The van der Waals surface area contributed by atoms with Crippen LogP contribution in [-0.4, -0.2) is 53.7 Å². The van der Waals surface area contributed by atoms with Gasteiger partial charge in [-0.1, -0.05) is 42.0 Å². The van der Waals surface area contributed by atoms with E-state index in [1.54, 1.807) is 24.1 Å². The van der Waals surface area contributed by atoms with Gasteiger partial charge in [0, 0.05) is 13.0 Å². The third kappa shape index (κ3) is 5.47. The third-order valence-corrected chi connectivity index (χ3v) is 6.29. The summed E-state index contributed by atoms with van der Waals surface area (Å²) in [4.78, 5) is 27.6. The van der Waals surface area contributed by atoms with Crippen molar-refractivity contribution in [3.63, 3.8) is 0 Å². The maximum Gasteiger partial charge on any atom is 0.310 e. The molecule has 1 amide bonds. The van der Waals surface area contributed by atoms with Crippen LogP contribution in [0.4, 0.5) is 4.39 Å². The van der Waals surface area contributed by atoms with E-state index in [4.69, 9.17) is 4.74 Å². The van der Waals surface area contributed by atoms with Gasteiger partial charge in [0.25, 0.3) is 5.91 Å². The molecule has 0 aromatic heterocycles. The normalized spacial score (nSPS) is 21.1. The number of aryl methyl sites for hydroxylation is 1. The zero-order valence-electron chi connectivity index (χ0n) is 19.2. The molecule has 0 saturated carbocycles. The van der Waals surface area contributed by atoms with Crippen LogP contribution in [0, 0.1) is 18.7 Å². The number of hydrogen-bond donors (Lipinski definition) is 0. The highest BCUT2D eigenvalue weighted by Crippen LogP contribution is 2.33. The monoisotopic (exact) mass is 451 g/mol. The van der Waals surface area contributed by atoms with E-state index >= 15 is 0 Å². The fourth-order valence-electron chi connectivity index (χ4n) is 4.52. The van der Waals surface area contributed by atoms with Gasteiger partial charge in [-0.15, -0.1) is 0 Å². The molecule has 0 bridgehead atoms. The number of esters is 1. The summed E-state index contributed by atoms with van der Waals surface area (Å²) in [5, 5.41) is 6.24. The number of piperidine rings is 1. The van der Waals surface area contributed by atoms with Gasteiger partial charge < -0.3 is 4.74 Å². The average Bonchev–Trinajstić information content (AvgIpc) is 3.26. The first-order valence-electron chi connectivity index (χ1n) is 11.6. The molecule has 0 spiro atoms. The largest absolute Gasteiger partial charge is 0.466 e. The Balaban J connectivity index is 1.53. The molecule has 0 radical (unpaired) electrons. The van der Waals surface area contributed by atoms with Crippen LogP contribution in [0.2, 0.25) is 0 Å². The Hall–Kier alpha value is -3.06. The Morgan fingerprint density at radius 1 is 1.12 bits per heavy atom. The quantitative estimate of drug-likeness (QED) is 0.621. The van der Waals surface area contributed by atoms with Crippen molar-refractivity contribution in [2.75, 3.05) is 26.2 Å². The molecule has 0 unspecified atom stereocenters.